The number of benzene rings is 2. The lowest BCUT2D eigenvalue weighted by atomic mass is 10.1. The van der Waals surface area contributed by atoms with Gasteiger partial charge in [0.1, 0.15) is 17.8 Å². The van der Waals surface area contributed by atoms with Crippen LogP contribution in [0, 0.1) is 0 Å². The predicted molar refractivity (Wildman–Crippen MR) is 155 cm³/mol. The summed E-state index contributed by atoms with van der Waals surface area (Å²) in [4.78, 5) is 75.0. The van der Waals surface area contributed by atoms with Crippen molar-refractivity contribution in [3.05, 3.63) is 98.4 Å². The first-order chi connectivity index (χ1) is 20.0. The zero-order valence-corrected chi connectivity index (χ0v) is 23.9. The van der Waals surface area contributed by atoms with Crippen LogP contribution in [0.1, 0.15) is 41.7 Å². The maximum Gasteiger partial charge on any atom is 0.341 e. The van der Waals surface area contributed by atoms with Crippen LogP contribution < -0.4 is 16.2 Å². The van der Waals surface area contributed by atoms with Crippen LogP contribution in [0.4, 0.5) is 5.69 Å². The third-order valence-corrected chi connectivity index (χ3v) is 6.76. The number of pyridine rings is 1. The summed E-state index contributed by atoms with van der Waals surface area (Å²) in [5, 5.41) is 14.1. The number of hydrogen-bond donors (Lipinski definition) is 3. The molecule has 0 bridgehead atoms. The van der Waals surface area contributed by atoms with Crippen molar-refractivity contribution in [2.24, 2.45) is 0 Å². The molecule has 3 N–H and O–H groups in total. The number of aliphatic carboxylic acids is 1. The first-order valence-corrected chi connectivity index (χ1v) is 13.4. The van der Waals surface area contributed by atoms with Crippen LogP contribution in [0.2, 0.25) is 10.0 Å². The molecular formula is C29H27Cl2N3O8. The van der Waals surface area contributed by atoms with E-state index < -0.39 is 60.2 Å². The van der Waals surface area contributed by atoms with Gasteiger partial charge in [0.25, 0.3) is 5.56 Å². The minimum Gasteiger partial charge on any atom is -0.481 e. The summed E-state index contributed by atoms with van der Waals surface area (Å²) < 4.78 is 6.00. The number of esters is 1. The molecule has 0 spiro atoms. The lowest BCUT2D eigenvalue weighted by molar-refractivity contribution is -0.141. The molecule has 1 heterocycles. The summed E-state index contributed by atoms with van der Waals surface area (Å²) in [7, 11) is 0. The third kappa shape index (κ3) is 8.76. The van der Waals surface area contributed by atoms with E-state index in [-0.39, 0.29) is 27.7 Å². The van der Waals surface area contributed by atoms with Crippen molar-refractivity contribution < 1.29 is 33.8 Å². The summed E-state index contributed by atoms with van der Waals surface area (Å²) in [6, 6.07) is 13.7. The van der Waals surface area contributed by atoms with Gasteiger partial charge >= 0.3 is 11.9 Å². The van der Waals surface area contributed by atoms with E-state index in [2.05, 4.69) is 10.6 Å². The molecule has 0 aliphatic heterocycles. The molecular weight excluding hydrogens is 589 g/mol. The number of carbonyl (C=O) groups is 5. The summed E-state index contributed by atoms with van der Waals surface area (Å²) >= 11 is 11.9. The highest BCUT2D eigenvalue weighted by Gasteiger charge is 2.28. The lowest BCUT2D eigenvalue weighted by Gasteiger charge is -2.21. The van der Waals surface area contributed by atoms with E-state index >= 15 is 0 Å². The Bertz CT molecular complexity index is 1520. The number of amides is 2. The molecule has 0 unspecified atom stereocenters. The average molecular weight is 616 g/mol. The molecule has 0 saturated heterocycles. The van der Waals surface area contributed by atoms with E-state index in [0.717, 1.165) is 10.1 Å². The Morgan fingerprint density at radius 2 is 1.62 bits per heavy atom. The van der Waals surface area contributed by atoms with Gasteiger partial charge in [-0.3, -0.25) is 24.0 Å². The number of Topliss-reactive ketones (excluding diaryl/α,β-unsaturated/α-hetero) is 1. The Labute approximate surface area is 250 Å². The molecule has 0 fully saturated rings. The Kier molecular flexibility index (Phi) is 11.4. The number of halogens is 2. The second-order valence-electron chi connectivity index (χ2n) is 9.14. The maximum atomic E-state index is 13.0. The summed E-state index contributed by atoms with van der Waals surface area (Å²) in [5.41, 5.74) is 0.0437. The number of ketones is 1. The lowest BCUT2D eigenvalue weighted by Crippen LogP contribution is -2.47. The molecule has 0 aliphatic rings. The van der Waals surface area contributed by atoms with Gasteiger partial charge in [0.05, 0.1) is 22.0 Å². The molecule has 3 rings (SSSR count). The van der Waals surface area contributed by atoms with Gasteiger partial charge in [-0.05, 0) is 43.2 Å². The molecule has 2 amide bonds. The van der Waals surface area contributed by atoms with E-state index in [1.807, 2.05) is 30.3 Å². The minimum absolute atomic E-state index is 0.00998. The van der Waals surface area contributed by atoms with Crippen molar-refractivity contribution in [3.8, 4) is 0 Å². The average Bonchev–Trinajstić information content (AvgIpc) is 2.95. The number of nitrogens with zero attached hydrogens (tertiary/aromatic N) is 1. The summed E-state index contributed by atoms with van der Waals surface area (Å²) in [5.74, 6) is -4.59. The number of nitrogens with one attached hydrogen (secondary N) is 2. The van der Waals surface area contributed by atoms with Crippen LogP contribution in [0.3, 0.4) is 0 Å². The van der Waals surface area contributed by atoms with Gasteiger partial charge in [-0.25, -0.2) is 4.79 Å². The molecule has 0 radical (unpaired) electrons. The number of hydrogen-bond acceptors (Lipinski definition) is 7. The third-order valence-electron chi connectivity index (χ3n) is 6.13. The zero-order valence-electron chi connectivity index (χ0n) is 22.3. The van der Waals surface area contributed by atoms with Crippen LogP contribution in [-0.4, -0.2) is 51.9 Å². The molecule has 220 valence electrons. The van der Waals surface area contributed by atoms with Crippen LogP contribution in [0.5, 0.6) is 0 Å². The number of aryl methyl sites for hydroxylation is 1. The van der Waals surface area contributed by atoms with Crippen molar-refractivity contribution >= 4 is 58.4 Å². The molecule has 42 heavy (non-hydrogen) atoms. The standard InChI is InChI=1S/C29H27Cl2N3O8/c1-17(34-14-6-11-21(28(34)40)32-24(36)13-12-18-7-3-2-4-8-18)27(39)33-22(15-25(37)38)23(35)16-42-29(41)26-19(30)9-5-10-20(26)31/h2-11,14,17,22H,12-13,15-16H2,1H3,(H,32,36)(H,33,39)(H,37,38)/t17-,22-/m0/s1. The molecule has 11 nitrogen and oxygen atoms in total. The highest BCUT2D eigenvalue weighted by atomic mass is 35.5. The van der Waals surface area contributed by atoms with Gasteiger partial charge < -0.3 is 25.0 Å². The number of rotatable bonds is 13. The minimum atomic E-state index is -1.58. The number of ether oxygens (including phenoxy) is 1. The second kappa shape index (κ2) is 14.9. The normalized spacial score (nSPS) is 12.1. The van der Waals surface area contributed by atoms with Crippen LogP contribution in [0.15, 0.2) is 71.7 Å². The molecule has 3 aromatic rings. The number of anilines is 1. The topological polar surface area (TPSA) is 161 Å². The Balaban J connectivity index is 1.65. The SMILES string of the molecule is C[C@@H](C(=O)N[C@@H](CC(=O)O)C(=O)COC(=O)c1c(Cl)cccc1Cl)n1cccc(NC(=O)CCc2ccccc2)c1=O. The number of carboxylic acids is 1. The van der Waals surface area contributed by atoms with Gasteiger partial charge in [0.2, 0.25) is 11.8 Å². The monoisotopic (exact) mass is 615 g/mol. The quantitative estimate of drug-likeness (QED) is 0.245. The van der Waals surface area contributed by atoms with Crippen molar-refractivity contribution in [2.75, 3.05) is 11.9 Å². The fourth-order valence-corrected chi connectivity index (χ4v) is 4.42. The number of carbonyl (C=O) groups excluding carboxylic acids is 4. The molecule has 0 aliphatic carbocycles. The molecule has 1 aromatic heterocycles. The smallest absolute Gasteiger partial charge is 0.341 e. The second-order valence-corrected chi connectivity index (χ2v) is 9.96. The van der Waals surface area contributed by atoms with Crippen molar-refractivity contribution in [1.29, 1.82) is 0 Å². The van der Waals surface area contributed by atoms with E-state index in [1.165, 1.54) is 43.5 Å². The Hall–Kier alpha value is -4.48. The summed E-state index contributed by atoms with van der Waals surface area (Å²) in [6.07, 6.45) is 1.09. The van der Waals surface area contributed by atoms with Crippen molar-refractivity contribution in [1.82, 2.24) is 9.88 Å². The fraction of sp³-hybridized carbons (Fsp3) is 0.241. The van der Waals surface area contributed by atoms with Gasteiger partial charge in [-0.1, -0.05) is 59.6 Å². The fourth-order valence-electron chi connectivity index (χ4n) is 3.87. The van der Waals surface area contributed by atoms with E-state index in [4.69, 9.17) is 27.9 Å². The maximum absolute atomic E-state index is 13.0. The zero-order chi connectivity index (χ0) is 30.8. The van der Waals surface area contributed by atoms with Crippen molar-refractivity contribution in [3.63, 3.8) is 0 Å². The number of carboxylic acid groups (broad SMARTS) is 1. The Morgan fingerprint density at radius 1 is 0.952 bits per heavy atom. The highest BCUT2D eigenvalue weighted by molar-refractivity contribution is 6.39. The van der Waals surface area contributed by atoms with Crippen molar-refractivity contribution in [2.45, 2.75) is 38.3 Å². The van der Waals surface area contributed by atoms with Crippen LogP contribution in [0.25, 0.3) is 0 Å². The largest absolute Gasteiger partial charge is 0.481 e. The molecule has 2 aromatic carbocycles. The molecule has 2 atom stereocenters. The van der Waals surface area contributed by atoms with E-state index in [1.54, 1.807) is 0 Å². The van der Waals surface area contributed by atoms with E-state index in [9.17, 15) is 33.9 Å². The predicted octanol–water partition coefficient (Wildman–Crippen LogP) is 3.67. The van der Waals surface area contributed by atoms with Crippen LogP contribution in [-0.2, 0) is 30.3 Å². The first-order valence-electron chi connectivity index (χ1n) is 12.7. The van der Waals surface area contributed by atoms with Gasteiger partial charge in [0, 0.05) is 12.6 Å². The molecule has 0 saturated carbocycles. The number of aromatic nitrogens is 1. The molecule has 13 heteroatoms. The highest BCUT2D eigenvalue weighted by Crippen LogP contribution is 2.25. The summed E-state index contributed by atoms with van der Waals surface area (Å²) in [6.45, 7) is 0.483. The van der Waals surface area contributed by atoms with Gasteiger partial charge in [0.15, 0.2) is 12.4 Å². The van der Waals surface area contributed by atoms with Gasteiger partial charge in [-0.2, -0.15) is 0 Å². The van der Waals surface area contributed by atoms with Gasteiger partial charge in [-0.15, -0.1) is 0 Å². The first kappa shape index (κ1) is 32.0. The van der Waals surface area contributed by atoms with Crippen LogP contribution >= 0.6 is 23.2 Å². The van der Waals surface area contributed by atoms with E-state index in [0.29, 0.717) is 6.42 Å². The Morgan fingerprint density at radius 3 is 2.26 bits per heavy atom.